The first-order valence-corrected chi connectivity index (χ1v) is 13.1. The number of nitriles is 1. The zero-order valence-corrected chi connectivity index (χ0v) is 21.9. The van der Waals surface area contributed by atoms with Crippen molar-refractivity contribution in [3.8, 4) is 17.4 Å². The highest BCUT2D eigenvalue weighted by Crippen LogP contribution is 2.30. The Bertz CT molecular complexity index is 1270. The van der Waals surface area contributed by atoms with Crippen molar-refractivity contribution < 1.29 is 23.4 Å². The number of carbonyl (C=O) groups is 1. The van der Waals surface area contributed by atoms with Gasteiger partial charge >= 0.3 is 0 Å². The van der Waals surface area contributed by atoms with Gasteiger partial charge in [-0.3, -0.25) is 4.79 Å². The number of hydrogen-bond donors (Lipinski definition) is 1. The molecule has 2 heterocycles. The second-order valence-corrected chi connectivity index (χ2v) is 9.14. The molecule has 0 aliphatic carbocycles. The minimum absolute atomic E-state index is 0.0300. The second kappa shape index (κ2) is 14.3. The Balaban J connectivity index is 1.32. The third-order valence-electron chi connectivity index (χ3n) is 6.44. The van der Waals surface area contributed by atoms with Crippen LogP contribution in [0.3, 0.4) is 0 Å². The lowest BCUT2D eigenvalue weighted by Gasteiger charge is -2.29. The Hall–Kier alpha value is -3.64. The highest BCUT2D eigenvalue weighted by molar-refractivity contribution is 6.01. The fourth-order valence-corrected chi connectivity index (χ4v) is 4.41. The molecule has 200 valence electrons. The lowest BCUT2D eigenvalue weighted by Crippen LogP contribution is -2.29. The zero-order chi connectivity index (χ0) is 26.6. The minimum atomic E-state index is -0.472. The zero-order valence-electron chi connectivity index (χ0n) is 21.9. The van der Waals surface area contributed by atoms with Crippen molar-refractivity contribution in [3.05, 3.63) is 59.9 Å². The molecule has 1 amide bonds. The van der Waals surface area contributed by atoms with Crippen molar-refractivity contribution in [1.82, 2.24) is 5.32 Å². The fourth-order valence-electron chi connectivity index (χ4n) is 4.41. The summed E-state index contributed by atoms with van der Waals surface area (Å²) >= 11 is 0. The number of carbonyl (C=O) groups excluding carboxylic acids is 1. The predicted molar refractivity (Wildman–Crippen MR) is 148 cm³/mol. The standard InChI is InChI=1S/C30H35N3O5/c1-35-15-16-37-18-17-36-14-11-32-30(34)26(22-31)21-28-9-10-29(38-28)25-6-5-24-20-27(8-7-23(24)19-25)33-12-3-2-4-13-33/h5-10,19-21H,2-4,11-18H2,1H3,(H,32,34)/b26-21+. The van der Waals surface area contributed by atoms with Gasteiger partial charge in [0.2, 0.25) is 0 Å². The topological polar surface area (TPSA) is 97.0 Å². The Labute approximate surface area is 223 Å². The molecule has 0 saturated carbocycles. The quantitative estimate of drug-likeness (QED) is 0.198. The number of nitrogens with zero attached hydrogens (tertiary/aromatic N) is 2. The van der Waals surface area contributed by atoms with Gasteiger partial charge in [-0.2, -0.15) is 5.26 Å². The van der Waals surface area contributed by atoms with Crippen LogP contribution in [0, 0.1) is 11.3 Å². The van der Waals surface area contributed by atoms with E-state index in [0.717, 1.165) is 24.0 Å². The van der Waals surface area contributed by atoms with Gasteiger partial charge < -0.3 is 28.8 Å². The molecule has 38 heavy (non-hydrogen) atoms. The summed E-state index contributed by atoms with van der Waals surface area (Å²) in [6.07, 6.45) is 5.27. The Morgan fingerprint density at radius 2 is 1.71 bits per heavy atom. The molecule has 0 bridgehead atoms. The average molecular weight is 518 g/mol. The number of furan rings is 1. The first kappa shape index (κ1) is 27.4. The summed E-state index contributed by atoms with van der Waals surface area (Å²) in [5.74, 6) is 0.648. The summed E-state index contributed by atoms with van der Waals surface area (Å²) in [6.45, 7) is 4.78. The summed E-state index contributed by atoms with van der Waals surface area (Å²) < 4.78 is 21.6. The molecule has 0 atom stereocenters. The van der Waals surface area contributed by atoms with E-state index >= 15 is 0 Å². The lowest BCUT2D eigenvalue weighted by molar-refractivity contribution is -0.117. The number of anilines is 1. The second-order valence-electron chi connectivity index (χ2n) is 9.14. The van der Waals surface area contributed by atoms with Crippen LogP contribution in [0.25, 0.3) is 28.2 Å². The highest BCUT2D eigenvalue weighted by atomic mass is 16.5. The van der Waals surface area contributed by atoms with Crippen molar-refractivity contribution in [2.24, 2.45) is 0 Å². The normalized spacial score (nSPS) is 14.0. The molecule has 4 rings (SSSR count). The maximum absolute atomic E-state index is 12.4. The number of benzene rings is 2. The van der Waals surface area contributed by atoms with E-state index in [1.807, 2.05) is 18.2 Å². The van der Waals surface area contributed by atoms with E-state index in [1.165, 1.54) is 36.4 Å². The number of nitrogens with one attached hydrogen (secondary N) is 1. The Morgan fingerprint density at radius 3 is 2.50 bits per heavy atom. The minimum Gasteiger partial charge on any atom is -0.457 e. The van der Waals surface area contributed by atoms with Crippen LogP contribution in [0.5, 0.6) is 0 Å². The van der Waals surface area contributed by atoms with Gasteiger partial charge in [-0.05, 0) is 60.4 Å². The van der Waals surface area contributed by atoms with Crippen molar-refractivity contribution in [1.29, 1.82) is 5.26 Å². The number of piperidine rings is 1. The van der Waals surface area contributed by atoms with E-state index in [0.29, 0.717) is 44.6 Å². The molecule has 0 spiro atoms. The molecule has 0 radical (unpaired) electrons. The molecule has 1 aliphatic heterocycles. The number of rotatable bonds is 13. The predicted octanol–water partition coefficient (Wildman–Crippen LogP) is 4.79. The largest absolute Gasteiger partial charge is 0.457 e. The van der Waals surface area contributed by atoms with Crippen molar-refractivity contribution in [3.63, 3.8) is 0 Å². The van der Waals surface area contributed by atoms with Crippen LogP contribution >= 0.6 is 0 Å². The molecule has 1 N–H and O–H groups in total. The Kier molecular flexibility index (Phi) is 10.3. The number of fused-ring (bicyclic) bond motifs is 1. The van der Waals surface area contributed by atoms with E-state index < -0.39 is 5.91 Å². The molecule has 3 aromatic rings. The average Bonchev–Trinajstić information content (AvgIpc) is 3.43. The molecule has 1 saturated heterocycles. The summed E-state index contributed by atoms with van der Waals surface area (Å²) in [6, 6.07) is 18.4. The maximum atomic E-state index is 12.4. The molecule has 8 nitrogen and oxygen atoms in total. The van der Waals surface area contributed by atoms with Gasteiger partial charge in [-0.1, -0.05) is 18.2 Å². The monoisotopic (exact) mass is 517 g/mol. The van der Waals surface area contributed by atoms with Crippen molar-refractivity contribution >= 4 is 28.4 Å². The van der Waals surface area contributed by atoms with E-state index in [2.05, 4.69) is 40.5 Å². The summed E-state index contributed by atoms with van der Waals surface area (Å²) in [5.41, 5.74) is 2.18. The van der Waals surface area contributed by atoms with Crippen LogP contribution in [-0.2, 0) is 19.0 Å². The highest BCUT2D eigenvalue weighted by Gasteiger charge is 2.13. The summed E-state index contributed by atoms with van der Waals surface area (Å²) in [5, 5.41) is 14.5. The van der Waals surface area contributed by atoms with Gasteiger partial charge in [0.1, 0.15) is 23.2 Å². The maximum Gasteiger partial charge on any atom is 0.262 e. The van der Waals surface area contributed by atoms with Crippen LogP contribution in [-0.4, -0.2) is 65.7 Å². The lowest BCUT2D eigenvalue weighted by atomic mass is 10.0. The van der Waals surface area contributed by atoms with Gasteiger partial charge in [0.25, 0.3) is 5.91 Å². The first-order valence-electron chi connectivity index (χ1n) is 13.1. The van der Waals surface area contributed by atoms with Crippen LogP contribution < -0.4 is 10.2 Å². The molecule has 0 unspecified atom stereocenters. The molecular formula is C30H35N3O5. The van der Waals surface area contributed by atoms with E-state index in [-0.39, 0.29) is 12.1 Å². The van der Waals surface area contributed by atoms with Crippen LogP contribution in [0.1, 0.15) is 25.0 Å². The number of hydrogen-bond acceptors (Lipinski definition) is 7. The van der Waals surface area contributed by atoms with Gasteiger partial charge in [-0.15, -0.1) is 0 Å². The van der Waals surface area contributed by atoms with Crippen molar-refractivity contribution in [2.45, 2.75) is 19.3 Å². The van der Waals surface area contributed by atoms with Crippen LogP contribution in [0.4, 0.5) is 5.69 Å². The van der Waals surface area contributed by atoms with E-state index in [4.69, 9.17) is 18.6 Å². The molecule has 1 aliphatic rings. The van der Waals surface area contributed by atoms with E-state index in [9.17, 15) is 10.1 Å². The van der Waals surface area contributed by atoms with Gasteiger partial charge in [0.15, 0.2) is 0 Å². The third kappa shape index (κ3) is 7.68. The van der Waals surface area contributed by atoms with E-state index in [1.54, 1.807) is 13.2 Å². The van der Waals surface area contributed by atoms with Crippen LogP contribution in [0.15, 0.2) is 58.5 Å². The molecular weight excluding hydrogens is 482 g/mol. The fraction of sp³-hybridized carbons (Fsp3) is 0.400. The number of ether oxygens (including phenoxy) is 3. The summed E-state index contributed by atoms with van der Waals surface area (Å²) in [4.78, 5) is 14.9. The van der Waals surface area contributed by atoms with Crippen LogP contribution in [0.2, 0.25) is 0 Å². The molecule has 2 aromatic carbocycles. The third-order valence-corrected chi connectivity index (χ3v) is 6.44. The smallest absolute Gasteiger partial charge is 0.262 e. The van der Waals surface area contributed by atoms with Gasteiger partial charge in [-0.25, -0.2) is 0 Å². The molecule has 1 aromatic heterocycles. The summed E-state index contributed by atoms with van der Waals surface area (Å²) in [7, 11) is 1.62. The molecule has 1 fully saturated rings. The Morgan fingerprint density at radius 1 is 0.974 bits per heavy atom. The number of amides is 1. The molecule has 8 heteroatoms. The SMILES string of the molecule is COCCOCCOCCNC(=O)/C(C#N)=C/c1ccc(-c2ccc3cc(N4CCCCC4)ccc3c2)o1. The van der Waals surface area contributed by atoms with Crippen molar-refractivity contribution in [2.75, 3.05) is 64.7 Å². The van der Waals surface area contributed by atoms with Gasteiger partial charge in [0, 0.05) is 44.1 Å². The first-order chi connectivity index (χ1) is 18.7. The van der Waals surface area contributed by atoms with Gasteiger partial charge in [0.05, 0.1) is 33.0 Å². The number of methoxy groups -OCH3 is 1.